The highest BCUT2D eigenvalue weighted by Gasteiger charge is 2.10. The number of para-hydroxylation sites is 1. The van der Waals surface area contributed by atoms with E-state index in [0.717, 1.165) is 19.4 Å². The molecule has 0 radical (unpaired) electrons. The minimum Gasteiger partial charge on any atom is -0.361 e. The zero-order valence-corrected chi connectivity index (χ0v) is 16.9. The number of guanidine groups is 1. The van der Waals surface area contributed by atoms with Crippen LogP contribution >= 0.6 is 0 Å². The molecule has 144 valence electrons. The summed E-state index contributed by atoms with van der Waals surface area (Å²) in [4.78, 5) is 7.61. The van der Waals surface area contributed by atoms with Crippen molar-refractivity contribution in [1.29, 1.82) is 0 Å². The molecule has 6 nitrogen and oxygen atoms in total. The van der Waals surface area contributed by atoms with E-state index in [1.165, 1.54) is 28.3 Å². The van der Waals surface area contributed by atoms with Gasteiger partial charge in [0.15, 0.2) is 5.96 Å². The molecule has 0 fully saturated rings. The van der Waals surface area contributed by atoms with Crippen molar-refractivity contribution in [3.63, 3.8) is 0 Å². The molecule has 0 bridgehead atoms. The lowest BCUT2D eigenvalue weighted by Gasteiger charge is -2.17. The second-order valence-corrected chi connectivity index (χ2v) is 8.98. The van der Waals surface area contributed by atoms with E-state index in [1.54, 1.807) is 7.05 Å². The molecule has 0 saturated heterocycles. The molecule has 2 rings (SSSR count). The zero-order chi connectivity index (χ0) is 19.2. The predicted molar refractivity (Wildman–Crippen MR) is 110 cm³/mol. The van der Waals surface area contributed by atoms with Gasteiger partial charge in [-0.2, -0.15) is 0 Å². The number of hydrogen-bond acceptors (Lipinski definition) is 3. The van der Waals surface area contributed by atoms with Crippen LogP contribution in [0, 0.1) is 0 Å². The van der Waals surface area contributed by atoms with E-state index in [9.17, 15) is 8.42 Å². The van der Waals surface area contributed by atoms with Crippen molar-refractivity contribution in [3.8, 4) is 0 Å². The second-order valence-electron chi connectivity index (χ2n) is 6.72. The van der Waals surface area contributed by atoms with Crippen LogP contribution in [-0.2, 0) is 22.7 Å². The van der Waals surface area contributed by atoms with Crippen LogP contribution in [0.1, 0.15) is 31.4 Å². The van der Waals surface area contributed by atoms with Gasteiger partial charge in [-0.1, -0.05) is 25.1 Å². The monoisotopic (exact) mass is 378 g/mol. The minimum absolute atomic E-state index is 0.0381. The van der Waals surface area contributed by atoms with Gasteiger partial charge in [0.2, 0.25) is 0 Å². The fourth-order valence-electron chi connectivity index (χ4n) is 2.98. The average molecular weight is 379 g/mol. The Kier molecular flexibility index (Phi) is 7.08. The number of sulfone groups is 1. The molecule has 0 saturated carbocycles. The van der Waals surface area contributed by atoms with Gasteiger partial charge in [0.05, 0.1) is 5.75 Å². The van der Waals surface area contributed by atoms with Crippen molar-refractivity contribution in [1.82, 2.24) is 15.6 Å². The van der Waals surface area contributed by atoms with Crippen molar-refractivity contribution in [2.45, 2.75) is 39.2 Å². The Morgan fingerprint density at radius 3 is 2.73 bits per heavy atom. The molecule has 2 aromatic rings. The van der Waals surface area contributed by atoms with Gasteiger partial charge in [0.1, 0.15) is 9.84 Å². The lowest BCUT2D eigenvalue weighted by molar-refractivity contribution is 0.581. The number of nitrogens with one attached hydrogen (secondary N) is 3. The summed E-state index contributed by atoms with van der Waals surface area (Å²) in [5.41, 5.74) is 3.84. The van der Waals surface area contributed by atoms with Crippen LogP contribution < -0.4 is 10.6 Å². The van der Waals surface area contributed by atoms with Gasteiger partial charge >= 0.3 is 0 Å². The summed E-state index contributed by atoms with van der Waals surface area (Å²) in [6, 6.07) is 6.46. The third-order valence-electron chi connectivity index (χ3n) is 4.48. The highest BCUT2D eigenvalue weighted by Crippen LogP contribution is 2.22. The molecular formula is C19H30N4O2S. The molecule has 0 aliphatic heterocycles. The SMILES string of the molecule is CCc1cccc2c(CCNC(=NC)NC(C)CCS(C)(=O)=O)c[nH]c12. The summed E-state index contributed by atoms with van der Waals surface area (Å²) in [7, 11) is -1.22. The zero-order valence-electron chi connectivity index (χ0n) is 16.1. The van der Waals surface area contributed by atoms with Gasteiger partial charge in [0, 0.05) is 43.0 Å². The Labute approximate surface area is 156 Å². The number of rotatable bonds is 8. The van der Waals surface area contributed by atoms with E-state index in [1.807, 2.05) is 6.92 Å². The second kappa shape index (κ2) is 9.07. The van der Waals surface area contributed by atoms with E-state index in [2.05, 4.69) is 51.9 Å². The molecule has 1 atom stereocenters. The van der Waals surface area contributed by atoms with E-state index in [0.29, 0.717) is 12.4 Å². The van der Waals surface area contributed by atoms with E-state index >= 15 is 0 Å². The van der Waals surface area contributed by atoms with Gasteiger partial charge < -0.3 is 15.6 Å². The maximum atomic E-state index is 11.3. The maximum Gasteiger partial charge on any atom is 0.191 e. The van der Waals surface area contributed by atoms with Gasteiger partial charge in [0.25, 0.3) is 0 Å². The fraction of sp³-hybridized carbons (Fsp3) is 0.526. The smallest absolute Gasteiger partial charge is 0.191 e. The summed E-state index contributed by atoms with van der Waals surface area (Å²) < 4.78 is 22.5. The summed E-state index contributed by atoms with van der Waals surface area (Å²) >= 11 is 0. The standard InChI is InChI=1S/C19H30N4O2S/c1-5-15-7-6-8-17-16(13-22-18(15)17)9-11-21-19(20-3)23-14(2)10-12-26(4,24)25/h6-8,13-14,22H,5,9-12H2,1-4H3,(H2,20,21,23). The normalized spacial score (nSPS) is 13.8. The first-order valence-electron chi connectivity index (χ1n) is 9.06. The first-order valence-corrected chi connectivity index (χ1v) is 11.1. The number of benzene rings is 1. The largest absolute Gasteiger partial charge is 0.361 e. The molecule has 7 heteroatoms. The molecule has 0 aliphatic rings. The third-order valence-corrected chi connectivity index (χ3v) is 5.46. The molecule has 26 heavy (non-hydrogen) atoms. The highest BCUT2D eigenvalue weighted by atomic mass is 32.2. The Bertz CT molecular complexity index is 856. The third kappa shape index (κ3) is 5.76. The molecule has 0 amide bonds. The first-order chi connectivity index (χ1) is 12.3. The summed E-state index contributed by atoms with van der Waals surface area (Å²) in [5.74, 6) is 0.868. The molecule has 1 heterocycles. The predicted octanol–water partition coefficient (Wildman–Crippen LogP) is 2.26. The van der Waals surface area contributed by atoms with Crippen LogP contribution in [0.15, 0.2) is 29.4 Å². The van der Waals surface area contributed by atoms with Gasteiger partial charge in [-0.15, -0.1) is 0 Å². The van der Waals surface area contributed by atoms with Crippen LogP contribution in [0.25, 0.3) is 10.9 Å². The summed E-state index contributed by atoms with van der Waals surface area (Å²) in [6.07, 6.45) is 5.79. The first kappa shape index (κ1) is 20.3. The number of aryl methyl sites for hydroxylation is 1. The van der Waals surface area contributed by atoms with E-state index in [-0.39, 0.29) is 11.8 Å². The number of hydrogen-bond donors (Lipinski definition) is 3. The number of fused-ring (bicyclic) bond motifs is 1. The van der Waals surface area contributed by atoms with Crippen molar-refractivity contribution >= 4 is 26.7 Å². The lowest BCUT2D eigenvalue weighted by Crippen LogP contribution is -2.43. The topological polar surface area (TPSA) is 86.3 Å². The quantitative estimate of drug-likeness (QED) is 0.486. The van der Waals surface area contributed by atoms with Crippen LogP contribution in [0.2, 0.25) is 0 Å². The number of nitrogens with zero attached hydrogens (tertiary/aromatic N) is 1. The molecule has 0 spiro atoms. The Morgan fingerprint density at radius 1 is 1.31 bits per heavy atom. The number of H-pyrrole nitrogens is 1. The number of aromatic nitrogens is 1. The highest BCUT2D eigenvalue weighted by molar-refractivity contribution is 7.90. The van der Waals surface area contributed by atoms with Crippen molar-refractivity contribution in [2.24, 2.45) is 4.99 Å². The van der Waals surface area contributed by atoms with Gasteiger partial charge in [-0.25, -0.2) is 8.42 Å². The Morgan fingerprint density at radius 2 is 2.08 bits per heavy atom. The Balaban J connectivity index is 1.88. The number of aromatic amines is 1. The fourth-order valence-corrected chi connectivity index (χ4v) is 3.77. The van der Waals surface area contributed by atoms with Crippen LogP contribution in [0.5, 0.6) is 0 Å². The molecule has 3 N–H and O–H groups in total. The maximum absolute atomic E-state index is 11.3. The van der Waals surface area contributed by atoms with Gasteiger partial charge in [-0.3, -0.25) is 4.99 Å². The minimum atomic E-state index is -2.94. The molecule has 1 aromatic heterocycles. The molecular weight excluding hydrogens is 348 g/mol. The van der Waals surface area contributed by atoms with Crippen molar-refractivity contribution in [2.75, 3.05) is 25.6 Å². The number of aliphatic imine (C=N–C) groups is 1. The van der Waals surface area contributed by atoms with E-state index < -0.39 is 9.84 Å². The Hall–Kier alpha value is -2.02. The van der Waals surface area contributed by atoms with Crippen LogP contribution in [0.3, 0.4) is 0 Å². The van der Waals surface area contributed by atoms with Gasteiger partial charge in [-0.05, 0) is 37.3 Å². The summed E-state index contributed by atoms with van der Waals surface area (Å²) in [5, 5.41) is 7.82. The molecule has 0 aliphatic carbocycles. The van der Waals surface area contributed by atoms with Crippen molar-refractivity contribution < 1.29 is 8.42 Å². The van der Waals surface area contributed by atoms with E-state index in [4.69, 9.17) is 0 Å². The summed E-state index contributed by atoms with van der Waals surface area (Å²) in [6.45, 7) is 4.88. The average Bonchev–Trinajstić information content (AvgIpc) is 3.01. The molecule has 1 aromatic carbocycles. The molecule has 1 unspecified atom stereocenters. The van der Waals surface area contributed by atoms with Crippen molar-refractivity contribution in [3.05, 3.63) is 35.5 Å². The van der Waals surface area contributed by atoms with Crippen LogP contribution in [0.4, 0.5) is 0 Å². The lowest BCUT2D eigenvalue weighted by atomic mass is 10.1. The van der Waals surface area contributed by atoms with Crippen LogP contribution in [-0.4, -0.2) is 51.0 Å².